The SMILES string of the molecule is O=C(CCc1ccc(O)cc1)c1c[nH]c(-c2[nH]nc3ncccc23)c1. The first-order valence-electron chi connectivity index (χ1n) is 8.00. The van der Waals surface area contributed by atoms with Gasteiger partial charge in [0, 0.05) is 29.8 Å². The minimum Gasteiger partial charge on any atom is -0.508 e. The molecule has 0 saturated heterocycles. The van der Waals surface area contributed by atoms with Gasteiger partial charge in [-0.3, -0.25) is 9.89 Å². The Balaban J connectivity index is 1.50. The number of aromatic hydroxyl groups is 1. The number of H-pyrrole nitrogens is 2. The Labute approximate surface area is 143 Å². The Hall–Kier alpha value is -3.41. The molecule has 0 spiro atoms. The highest BCUT2D eigenvalue weighted by molar-refractivity contribution is 5.98. The van der Waals surface area contributed by atoms with Gasteiger partial charge in [0.05, 0.1) is 11.4 Å². The average Bonchev–Trinajstić information content (AvgIpc) is 3.27. The van der Waals surface area contributed by atoms with Crippen molar-refractivity contribution in [2.24, 2.45) is 0 Å². The third-order valence-electron chi connectivity index (χ3n) is 4.18. The van der Waals surface area contributed by atoms with E-state index in [4.69, 9.17) is 0 Å². The summed E-state index contributed by atoms with van der Waals surface area (Å²) in [6.07, 6.45) is 4.46. The van der Waals surface area contributed by atoms with E-state index in [1.807, 2.05) is 30.3 Å². The van der Waals surface area contributed by atoms with Crippen molar-refractivity contribution in [3.63, 3.8) is 0 Å². The molecule has 0 radical (unpaired) electrons. The highest BCUT2D eigenvalue weighted by atomic mass is 16.3. The number of pyridine rings is 1. The number of nitrogens with one attached hydrogen (secondary N) is 2. The Kier molecular flexibility index (Phi) is 3.78. The number of carbonyl (C=O) groups excluding carboxylic acids is 1. The van der Waals surface area contributed by atoms with Gasteiger partial charge in [-0.05, 0) is 42.3 Å². The summed E-state index contributed by atoms with van der Waals surface area (Å²) in [4.78, 5) is 19.8. The Morgan fingerprint density at radius 1 is 1.16 bits per heavy atom. The second-order valence-electron chi connectivity index (χ2n) is 5.86. The van der Waals surface area contributed by atoms with Crippen LogP contribution in [0, 0.1) is 0 Å². The number of aryl methyl sites for hydroxylation is 1. The zero-order valence-electron chi connectivity index (χ0n) is 13.4. The van der Waals surface area contributed by atoms with Crippen LogP contribution in [0.5, 0.6) is 5.75 Å². The Morgan fingerprint density at radius 3 is 2.84 bits per heavy atom. The summed E-state index contributed by atoms with van der Waals surface area (Å²) in [5.41, 5.74) is 3.93. The van der Waals surface area contributed by atoms with E-state index >= 15 is 0 Å². The number of hydrogen-bond acceptors (Lipinski definition) is 4. The maximum Gasteiger partial charge on any atom is 0.181 e. The number of benzene rings is 1. The second kappa shape index (κ2) is 6.24. The van der Waals surface area contributed by atoms with Gasteiger partial charge in [-0.25, -0.2) is 4.98 Å². The predicted octanol–water partition coefficient (Wildman–Crippen LogP) is 3.47. The minimum atomic E-state index is 0.0671. The molecule has 3 heterocycles. The molecule has 3 N–H and O–H groups in total. The molecule has 0 fully saturated rings. The number of nitrogens with zero attached hydrogens (tertiary/aromatic N) is 2. The molecule has 6 heteroatoms. The highest BCUT2D eigenvalue weighted by Crippen LogP contribution is 2.25. The Bertz CT molecular complexity index is 1030. The van der Waals surface area contributed by atoms with E-state index in [9.17, 15) is 9.90 Å². The Morgan fingerprint density at radius 2 is 2.00 bits per heavy atom. The van der Waals surface area contributed by atoms with Crippen LogP contribution >= 0.6 is 0 Å². The fourth-order valence-electron chi connectivity index (χ4n) is 2.82. The third-order valence-corrected chi connectivity index (χ3v) is 4.18. The van der Waals surface area contributed by atoms with Crippen LogP contribution in [0.2, 0.25) is 0 Å². The summed E-state index contributed by atoms with van der Waals surface area (Å²) in [6, 6.07) is 12.5. The molecule has 0 saturated carbocycles. The van der Waals surface area contributed by atoms with Crippen LogP contribution in [0.3, 0.4) is 0 Å². The normalized spacial score (nSPS) is 11.0. The number of ketones is 1. The monoisotopic (exact) mass is 332 g/mol. The van der Waals surface area contributed by atoms with Crippen molar-refractivity contribution in [1.82, 2.24) is 20.2 Å². The van der Waals surface area contributed by atoms with Gasteiger partial charge in [0.25, 0.3) is 0 Å². The summed E-state index contributed by atoms with van der Waals surface area (Å²) in [7, 11) is 0. The lowest BCUT2D eigenvalue weighted by Gasteiger charge is -2.00. The van der Waals surface area contributed by atoms with Gasteiger partial charge in [-0.2, -0.15) is 5.10 Å². The van der Waals surface area contributed by atoms with Gasteiger partial charge in [-0.15, -0.1) is 0 Å². The molecular weight excluding hydrogens is 316 g/mol. The number of fused-ring (bicyclic) bond motifs is 1. The van der Waals surface area contributed by atoms with E-state index in [0.29, 0.717) is 24.1 Å². The molecule has 0 unspecified atom stereocenters. The molecule has 6 nitrogen and oxygen atoms in total. The summed E-state index contributed by atoms with van der Waals surface area (Å²) in [5, 5.41) is 17.3. The van der Waals surface area contributed by atoms with Gasteiger partial charge in [0.2, 0.25) is 0 Å². The molecule has 0 atom stereocenters. The van der Waals surface area contributed by atoms with E-state index in [-0.39, 0.29) is 11.5 Å². The number of Topliss-reactive ketones (excluding diaryl/α,β-unsaturated/α-hetero) is 1. The lowest BCUT2D eigenvalue weighted by atomic mass is 10.0. The van der Waals surface area contributed by atoms with Crippen LogP contribution in [-0.4, -0.2) is 31.1 Å². The maximum atomic E-state index is 12.4. The lowest BCUT2D eigenvalue weighted by Crippen LogP contribution is -1.99. The van der Waals surface area contributed by atoms with Gasteiger partial charge < -0.3 is 10.1 Å². The molecule has 3 aromatic heterocycles. The summed E-state index contributed by atoms with van der Waals surface area (Å²) in [5.74, 6) is 0.296. The van der Waals surface area contributed by atoms with Crippen molar-refractivity contribution < 1.29 is 9.90 Å². The lowest BCUT2D eigenvalue weighted by molar-refractivity contribution is 0.0983. The van der Waals surface area contributed by atoms with Crippen LogP contribution in [-0.2, 0) is 6.42 Å². The molecule has 1 aromatic carbocycles. The number of aromatic amines is 2. The molecule has 4 rings (SSSR count). The van der Waals surface area contributed by atoms with Gasteiger partial charge in [-0.1, -0.05) is 12.1 Å². The maximum absolute atomic E-state index is 12.4. The van der Waals surface area contributed by atoms with Crippen molar-refractivity contribution in [1.29, 1.82) is 0 Å². The minimum absolute atomic E-state index is 0.0671. The quantitative estimate of drug-likeness (QED) is 0.488. The van der Waals surface area contributed by atoms with Gasteiger partial charge in [0.15, 0.2) is 11.4 Å². The second-order valence-corrected chi connectivity index (χ2v) is 5.86. The van der Waals surface area contributed by atoms with E-state index < -0.39 is 0 Å². The number of phenolic OH excluding ortho intramolecular Hbond substituents is 1. The van der Waals surface area contributed by atoms with E-state index in [2.05, 4.69) is 20.2 Å². The molecular formula is C19H16N4O2. The molecule has 0 bridgehead atoms. The summed E-state index contributed by atoms with van der Waals surface area (Å²) >= 11 is 0. The number of aromatic nitrogens is 4. The van der Waals surface area contributed by atoms with Crippen LogP contribution in [0.4, 0.5) is 0 Å². The fourth-order valence-corrected chi connectivity index (χ4v) is 2.82. The standard InChI is InChI=1S/C19H16N4O2/c24-14-6-3-12(4-7-14)5-8-17(25)13-10-16(21-11-13)18-15-2-1-9-20-19(15)23-22-18/h1-4,6-7,9-11,21,24H,5,8H2,(H,20,22,23). The van der Waals surface area contributed by atoms with E-state index in [1.54, 1.807) is 24.5 Å². The number of phenols is 1. The summed E-state index contributed by atoms with van der Waals surface area (Å²) in [6.45, 7) is 0. The van der Waals surface area contributed by atoms with Crippen molar-refractivity contribution in [3.05, 3.63) is 66.0 Å². The van der Waals surface area contributed by atoms with Crippen LogP contribution < -0.4 is 0 Å². The van der Waals surface area contributed by atoms with Crippen LogP contribution in [0.15, 0.2) is 54.9 Å². The zero-order valence-corrected chi connectivity index (χ0v) is 13.4. The van der Waals surface area contributed by atoms with Gasteiger partial charge >= 0.3 is 0 Å². The van der Waals surface area contributed by atoms with E-state index in [1.165, 1.54) is 0 Å². The molecule has 0 amide bonds. The highest BCUT2D eigenvalue weighted by Gasteiger charge is 2.13. The fraction of sp³-hybridized carbons (Fsp3) is 0.105. The molecule has 124 valence electrons. The zero-order chi connectivity index (χ0) is 17.2. The van der Waals surface area contributed by atoms with Gasteiger partial charge in [0.1, 0.15) is 5.75 Å². The molecule has 25 heavy (non-hydrogen) atoms. The number of carbonyl (C=O) groups is 1. The first kappa shape index (κ1) is 15.1. The first-order valence-corrected chi connectivity index (χ1v) is 8.00. The molecule has 0 aliphatic rings. The molecule has 4 aromatic rings. The van der Waals surface area contributed by atoms with Crippen molar-refractivity contribution in [2.75, 3.05) is 0 Å². The average molecular weight is 332 g/mol. The first-order chi connectivity index (χ1) is 12.2. The topological polar surface area (TPSA) is 94.7 Å². The predicted molar refractivity (Wildman–Crippen MR) is 94.4 cm³/mol. The van der Waals surface area contributed by atoms with Crippen molar-refractivity contribution >= 4 is 16.8 Å². The van der Waals surface area contributed by atoms with Crippen molar-refractivity contribution in [3.8, 4) is 17.1 Å². The number of rotatable bonds is 5. The summed E-state index contributed by atoms with van der Waals surface area (Å²) < 4.78 is 0. The largest absolute Gasteiger partial charge is 0.508 e. The smallest absolute Gasteiger partial charge is 0.181 e. The van der Waals surface area contributed by atoms with Crippen molar-refractivity contribution in [2.45, 2.75) is 12.8 Å². The number of hydrogen-bond donors (Lipinski definition) is 3. The van der Waals surface area contributed by atoms with Crippen LogP contribution in [0.25, 0.3) is 22.4 Å². The molecule has 0 aliphatic carbocycles. The van der Waals surface area contributed by atoms with Crippen LogP contribution in [0.1, 0.15) is 22.3 Å². The molecule has 0 aliphatic heterocycles. The van der Waals surface area contributed by atoms with E-state index in [0.717, 1.165) is 22.3 Å². The third kappa shape index (κ3) is 3.01.